The van der Waals surface area contributed by atoms with Gasteiger partial charge in [-0.15, -0.1) is 11.3 Å². The average Bonchev–Trinajstić information content (AvgIpc) is 3.32. The fraction of sp³-hybridized carbons (Fsp3) is 0.455. The number of amides is 2. The number of aryl methyl sites for hydroxylation is 1. The molecule has 2 saturated heterocycles. The predicted molar refractivity (Wildman–Crippen MR) is 112 cm³/mol. The summed E-state index contributed by atoms with van der Waals surface area (Å²) in [5.74, 6) is -0.325. The lowest BCUT2D eigenvalue weighted by Gasteiger charge is -2.31. The standard InChI is InChI=1S/C22H27N3O2S/c1-15-5-7-17(8-6-15)25-20(26)14-18(21(25)19-4-3-13-28-19)22(27)23-16-9-11-24(2)12-10-16/h3-8,13,16,18,21H,9-12,14H2,1-2H3,(H,23,27)/t18-,21+/m1/s1. The van der Waals surface area contributed by atoms with Gasteiger partial charge in [0.05, 0.1) is 12.0 Å². The van der Waals surface area contributed by atoms with E-state index in [-0.39, 0.29) is 36.2 Å². The number of nitrogens with zero attached hydrogens (tertiary/aromatic N) is 2. The van der Waals surface area contributed by atoms with Crippen LogP contribution < -0.4 is 10.2 Å². The zero-order valence-corrected chi connectivity index (χ0v) is 17.2. The van der Waals surface area contributed by atoms with Crippen molar-refractivity contribution in [1.29, 1.82) is 0 Å². The van der Waals surface area contributed by atoms with Crippen molar-refractivity contribution in [3.05, 3.63) is 52.2 Å². The number of carbonyl (C=O) groups excluding carboxylic acids is 2. The molecule has 2 atom stereocenters. The van der Waals surface area contributed by atoms with E-state index in [2.05, 4.69) is 17.3 Å². The van der Waals surface area contributed by atoms with Crippen LogP contribution in [0.2, 0.25) is 0 Å². The fourth-order valence-electron chi connectivity index (χ4n) is 4.23. The van der Waals surface area contributed by atoms with Crippen LogP contribution in [0.25, 0.3) is 0 Å². The van der Waals surface area contributed by atoms with Crippen LogP contribution in [0.4, 0.5) is 5.69 Å². The summed E-state index contributed by atoms with van der Waals surface area (Å²) in [7, 11) is 2.11. The second-order valence-corrected chi connectivity index (χ2v) is 8.94. The summed E-state index contributed by atoms with van der Waals surface area (Å²) in [6.45, 7) is 4.03. The zero-order chi connectivity index (χ0) is 19.7. The summed E-state index contributed by atoms with van der Waals surface area (Å²) in [5, 5.41) is 5.25. The number of piperidine rings is 1. The minimum absolute atomic E-state index is 0.0101. The molecule has 3 heterocycles. The van der Waals surface area contributed by atoms with E-state index >= 15 is 0 Å². The van der Waals surface area contributed by atoms with Crippen LogP contribution in [0.3, 0.4) is 0 Å². The molecule has 148 valence electrons. The van der Waals surface area contributed by atoms with Gasteiger partial charge < -0.3 is 15.1 Å². The number of carbonyl (C=O) groups is 2. The maximum absolute atomic E-state index is 13.2. The van der Waals surface area contributed by atoms with Crippen molar-refractivity contribution in [2.45, 2.75) is 38.3 Å². The molecule has 6 heteroatoms. The van der Waals surface area contributed by atoms with Crippen LogP contribution in [0.1, 0.15) is 35.7 Å². The van der Waals surface area contributed by atoms with Gasteiger partial charge in [0.1, 0.15) is 0 Å². The first-order valence-electron chi connectivity index (χ1n) is 9.94. The van der Waals surface area contributed by atoms with Crippen LogP contribution in [-0.4, -0.2) is 42.9 Å². The molecule has 1 N–H and O–H groups in total. The van der Waals surface area contributed by atoms with Crippen molar-refractivity contribution in [1.82, 2.24) is 10.2 Å². The quantitative estimate of drug-likeness (QED) is 0.861. The second-order valence-electron chi connectivity index (χ2n) is 7.96. The highest BCUT2D eigenvalue weighted by molar-refractivity contribution is 7.10. The molecule has 0 spiro atoms. The van der Waals surface area contributed by atoms with Crippen LogP contribution in [-0.2, 0) is 9.59 Å². The average molecular weight is 398 g/mol. The van der Waals surface area contributed by atoms with Crippen molar-refractivity contribution in [2.24, 2.45) is 5.92 Å². The summed E-state index contributed by atoms with van der Waals surface area (Å²) >= 11 is 1.61. The molecule has 0 radical (unpaired) electrons. The minimum atomic E-state index is -0.355. The van der Waals surface area contributed by atoms with Gasteiger partial charge in [0.25, 0.3) is 0 Å². The summed E-state index contributed by atoms with van der Waals surface area (Å²) in [6, 6.07) is 12.0. The first-order valence-corrected chi connectivity index (χ1v) is 10.8. The van der Waals surface area contributed by atoms with Crippen molar-refractivity contribution in [3.8, 4) is 0 Å². The SMILES string of the molecule is Cc1ccc(N2C(=O)C[C@@H](C(=O)NC3CCN(C)CC3)[C@H]2c2cccs2)cc1. The van der Waals surface area contributed by atoms with Crippen molar-refractivity contribution < 1.29 is 9.59 Å². The molecule has 4 rings (SSSR count). The molecule has 2 fully saturated rings. The number of rotatable bonds is 4. The predicted octanol–water partition coefficient (Wildman–Crippen LogP) is 3.36. The van der Waals surface area contributed by atoms with E-state index in [1.807, 2.05) is 53.6 Å². The maximum Gasteiger partial charge on any atom is 0.228 e. The van der Waals surface area contributed by atoms with E-state index in [0.717, 1.165) is 42.1 Å². The highest BCUT2D eigenvalue weighted by atomic mass is 32.1. The van der Waals surface area contributed by atoms with Crippen molar-refractivity contribution in [2.75, 3.05) is 25.0 Å². The Morgan fingerprint density at radius 2 is 1.86 bits per heavy atom. The van der Waals surface area contributed by atoms with Gasteiger partial charge in [-0.05, 0) is 63.5 Å². The molecule has 2 aliphatic heterocycles. The fourth-order valence-corrected chi connectivity index (χ4v) is 5.11. The van der Waals surface area contributed by atoms with E-state index < -0.39 is 0 Å². The van der Waals surface area contributed by atoms with Gasteiger partial charge in [-0.25, -0.2) is 0 Å². The maximum atomic E-state index is 13.2. The molecule has 0 unspecified atom stereocenters. The van der Waals surface area contributed by atoms with E-state index in [4.69, 9.17) is 0 Å². The lowest BCUT2D eigenvalue weighted by molar-refractivity contribution is -0.127. The van der Waals surface area contributed by atoms with Gasteiger partial charge in [-0.1, -0.05) is 23.8 Å². The van der Waals surface area contributed by atoms with Gasteiger partial charge in [0.2, 0.25) is 11.8 Å². The number of anilines is 1. The lowest BCUT2D eigenvalue weighted by atomic mass is 9.96. The molecular weight excluding hydrogens is 370 g/mol. The largest absolute Gasteiger partial charge is 0.353 e. The third kappa shape index (κ3) is 3.84. The Labute approximate surface area is 170 Å². The first-order chi connectivity index (χ1) is 13.5. The molecule has 1 aromatic heterocycles. The first kappa shape index (κ1) is 19.2. The Bertz CT molecular complexity index is 826. The van der Waals surface area contributed by atoms with E-state index in [9.17, 15) is 9.59 Å². The number of thiophene rings is 1. The lowest BCUT2D eigenvalue weighted by Crippen LogP contribution is -2.46. The Kier molecular flexibility index (Phi) is 5.51. The Balaban J connectivity index is 1.58. The highest BCUT2D eigenvalue weighted by Crippen LogP contribution is 2.43. The molecule has 2 aromatic rings. The molecule has 2 aliphatic rings. The van der Waals surface area contributed by atoms with E-state index in [1.165, 1.54) is 0 Å². The molecule has 2 amide bonds. The summed E-state index contributed by atoms with van der Waals surface area (Å²) in [6.07, 6.45) is 2.19. The Morgan fingerprint density at radius 3 is 2.50 bits per heavy atom. The van der Waals surface area contributed by atoms with Crippen LogP contribution in [0.5, 0.6) is 0 Å². The van der Waals surface area contributed by atoms with Gasteiger partial charge in [0.15, 0.2) is 0 Å². The highest BCUT2D eigenvalue weighted by Gasteiger charge is 2.46. The smallest absolute Gasteiger partial charge is 0.228 e. The molecule has 1 aromatic carbocycles. The normalized spacial score (nSPS) is 23.9. The second kappa shape index (κ2) is 8.05. The summed E-state index contributed by atoms with van der Waals surface area (Å²) in [4.78, 5) is 31.3. The number of hydrogen-bond acceptors (Lipinski definition) is 4. The summed E-state index contributed by atoms with van der Waals surface area (Å²) < 4.78 is 0. The minimum Gasteiger partial charge on any atom is -0.353 e. The van der Waals surface area contributed by atoms with Crippen LogP contribution in [0, 0.1) is 12.8 Å². The number of nitrogens with one attached hydrogen (secondary N) is 1. The van der Waals surface area contributed by atoms with Gasteiger partial charge in [-0.3, -0.25) is 9.59 Å². The molecule has 0 saturated carbocycles. The van der Waals surface area contributed by atoms with E-state index in [1.54, 1.807) is 11.3 Å². The van der Waals surface area contributed by atoms with Gasteiger partial charge >= 0.3 is 0 Å². The Hall–Kier alpha value is -2.18. The summed E-state index contributed by atoms with van der Waals surface area (Å²) in [5.41, 5.74) is 2.02. The van der Waals surface area contributed by atoms with E-state index in [0.29, 0.717) is 0 Å². The third-order valence-electron chi connectivity index (χ3n) is 5.87. The zero-order valence-electron chi connectivity index (χ0n) is 16.4. The Morgan fingerprint density at radius 1 is 1.14 bits per heavy atom. The molecule has 0 bridgehead atoms. The van der Waals surface area contributed by atoms with Crippen molar-refractivity contribution in [3.63, 3.8) is 0 Å². The van der Waals surface area contributed by atoms with Crippen LogP contribution in [0.15, 0.2) is 41.8 Å². The molecule has 28 heavy (non-hydrogen) atoms. The monoisotopic (exact) mass is 397 g/mol. The number of benzene rings is 1. The van der Waals surface area contributed by atoms with Gasteiger partial charge in [-0.2, -0.15) is 0 Å². The topological polar surface area (TPSA) is 52.7 Å². The molecule has 0 aliphatic carbocycles. The van der Waals surface area contributed by atoms with Crippen LogP contribution >= 0.6 is 11.3 Å². The van der Waals surface area contributed by atoms with Gasteiger partial charge in [0, 0.05) is 23.0 Å². The number of likely N-dealkylation sites (tertiary alicyclic amines) is 1. The third-order valence-corrected chi connectivity index (χ3v) is 6.81. The molecular formula is C22H27N3O2S. The van der Waals surface area contributed by atoms with Crippen molar-refractivity contribution >= 4 is 28.8 Å². The number of hydrogen-bond donors (Lipinski definition) is 1. The molecule has 5 nitrogen and oxygen atoms in total.